The van der Waals surface area contributed by atoms with Crippen molar-refractivity contribution in [2.45, 2.75) is 46.1 Å². The van der Waals surface area contributed by atoms with Crippen LogP contribution >= 0.6 is 0 Å². The summed E-state index contributed by atoms with van der Waals surface area (Å²) in [5, 5.41) is 2.90. The van der Waals surface area contributed by atoms with Crippen LogP contribution in [0.25, 0.3) is 0 Å². The Morgan fingerprint density at radius 3 is 2.75 bits per heavy atom. The number of carbonyl (C=O) groups excluding carboxylic acids is 2. The largest absolute Gasteiger partial charge is 0.335 e. The molecule has 0 aromatic heterocycles. The molecule has 0 unspecified atom stereocenters. The summed E-state index contributed by atoms with van der Waals surface area (Å²) < 4.78 is 0. The van der Waals surface area contributed by atoms with Crippen LogP contribution in [0.4, 0.5) is 5.69 Å². The Balaban J connectivity index is 1.86. The zero-order chi connectivity index (χ0) is 17.7. The van der Waals surface area contributed by atoms with E-state index in [0.717, 1.165) is 36.2 Å². The van der Waals surface area contributed by atoms with Crippen LogP contribution in [0.3, 0.4) is 0 Å². The highest BCUT2D eigenvalue weighted by molar-refractivity contribution is 5.95. The van der Waals surface area contributed by atoms with Crippen molar-refractivity contribution in [3.63, 3.8) is 0 Å². The molecule has 5 nitrogen and oxygen atoms in total. The van der Waals surface area contributed by atoms with Crippen molar-refractivity contribution in [1.29, 1.82) is 0 Å². The van der Waals surface area contributed by atoms with Gasteiger partial charge in [0.2, 0.25) is 11.8 Å². The normalized spacial score (nSPS) is 18.2. The number of carbonyl (C=O) groups is 2. The van der Waals surface area contributed by atoms with Gasteiger partial charge in [0.25, 0.3) is 0 Å². The number of hydrogen-bond acceptors (Lipinski definition) is 3. The Labute approximate surface area is 145 Å². The molecule has 1 aromatic rings. The molecule has 1 atom stereocenters. The predicted molar refractivity (Wildman–Crippen MR) is 97.1 cm³/mol. The summed E-state index contributed by atoms with van der Waals surface area (Å²) in [4.78, 5) is 28.3. The van der Waals surface area contributed by atoms with E-state index in [-0.39, 0.29) is 18.4 Å². The van der Waals surface area contributed by atoms with E-state index in [1.165, 1.54) is 11.3 Å². The SMILES string of the molecule is Cc1ccc(C)c(NC(=O)CN(C)C(=O)CN2CCCC[C@@H]2C)c1. The van der Waals surface area contributed by atoms with Crippen molar-refractivity contribution in [2.75, 3.05) is 32.0 Å². The van der Waals surface area contributed by atoms with Gasteiger partial charge in [-0.1, -0.05) is 18.6 Å². The summed E-state index contributed by atoms with van der Waals surface area (Å²) in [6, 6.07) is 6.39. The van der Waals surface area contributed by atoms with E-state index in [4.69, 9.17) is 0 Å². The Hall–Kier alpha value is -1.88. The average molecular weight is 331 g/mol. The quantitative estimate of drug-likeness (QED) is 0.902. The number of hydrogen-bond donors (Lipinski definition) is 1. The lowest BCUT2D eigenvalue weighted by molar-refractivity contribution is -0.135. The number of anilines is 1. The first-order valence-electron chi connectivity index (χ1n) is 8.72. The smallest absolute Gasteiger partial charge is 0.243 e. The van der Waals surface area contributed by atoms with Crippen molar-refractivity contribution in [3.05, 3.63) is 29.3 Å². The van der Waals surface area contributed by atoms with E-state index >= 15 is 0 Å². The number of nitrogens with zero attached hydrogens (tertiary/aromatic N) is 2. The van der Waals surface area contributed by atoms with Gasteiger partial charge in [0, 0.05) is 18.8 Å². The summed E-state index contributed by atoms with van der Waals surface area (Å²) in [5.41, 5.74) is 2.93. The molecule has 24 heavy (non-hydrogen) atoms. The number of aryl methyl sites for hydroxylation is 2. The predicted octanol–water partition coefficient (Wildman–Crippen LogP) is 2.57. The third kappa shape index (κ3) is 5.06. The second-order valence-electron chi connectivity index (χ2n) is 6.93. The molecule has 1 aliphatic rings. The maximum absolute atomic E-state index is 12.4. The van der Waals surface area contributed by atoms with Gasteiger partial charge in [0.05, 0.1) is 13.1 Å². The molecule has 0 radical (unpaired) electrons. The Morgan fingerprint density at radius 2 is 2.04 bits per heavy atom. The van der Waals surface area contributed by atoms with Gasteiger partial charge in [0.1, 0.15) is 0 Å². The van der Waals surface area contributed by atoms with E-state index < -0.39 is 0 Å². The van der Waals surface area contributed by atoms with Crippen molar-refractivity contribution in [2.24, 2.45) is 0 Å². The van der Waals surface area contributed by atoms with Crippen molar-refractivity contribution < 1.29 is 9.59 Å². The summed E-state index contributed by atoms with van der Waals surface area (Å²) in [6.45, 7) is 7.56. The van der Waals surface area contributed by atoms with E-state index in [2.05, 4.69) is 17.1 Å². The summed E-state index contributed by atoms with van der Waals surface area (Å²) >= 11 is 0. The fourth-order valence-corrected chi connectivity index (χ4v) is 3.05. The molecule has 2 rings (SSSR count). The third-order valence-corrected chi connectivity index (χ3v) is 4.75. The van der Waals surface area contributed by atoms with Gasteiger partial charge < -0.3 is 10.2 Å². The van der Waals surface area contributed by atoms with Crippen LogP contribution in [0.5, 0.6) is 0 Å². The van der Waals surface area contributed by atoms with Gasteiger partial charge in [-0.3, -0.25) is 14.5 Å². The lowest BCUT2D eigenvalue weighted by Gasteiger charge is -2.33. The summed E-state index contributed by atoms with van der Waals surface area (Å²) in [5.74, 6) is -0.161. The lowest BCUT2D eigenvalue weighted by Crippen LogP contribution is -2.46. The van der Waals surface area contributed by atoms with E-state index in [9.17, 15) is 9.59 Å². The van der Waals surface area contributed by atoms with Crippen LogP contribution in [-0.4, -0.2) is 54.3 Å². The summed E-state index contributed by atoms with van der Waals surface area (Å²) in [6.07, 6.45) is 3.53. The van der Waals surface area contributed by atoms with Gasteiger partial charge in [-0.2, -0.15) is 0 Å². The molecule has 1 aromatic carbocycles. The van der Waals surface area contributed by atoms with Crippen LogP contribution < -0.4 is 5.32 Å². The van der Waals surface area contributed by atoms with E-state index in [0.29, 0.717) is 12.6 Å². The molecule has 1 saturated heterocycles. The molecule has 1 heterocycles. The van der Waals surface area contributed by atoms with Gasteiger partial charge in [-0.15, -0.1) is 0 Å². The van der Waals surface area contributed by atoms with E-state index in [1.54, 1.807) is 7.05 Å². The molecule has 2 amide bonds. The topological polar surface area (TPSA) is 52.7 Å². The minimum absolute atomic E-state index is 0.000126. The third-order valence-electron chi connectivity index (χ3n) is 4.75. The molecule has 0 bridgehead atoms. The zero-order valence-electron chi connectivity index (χ0n) is 15.3. The Bertz CT molecular complexity index is 600. The number of nitrogens with one attached hydrogen (secondary N) is 1. The zero-order valence-corrected chi connectivity index (χ0v) is 15.3. The van der Waals surface area contributed by atoms with Gasteiger partial charge >= 0.3 is 0 Å². The number of piperidine rings is 1. The van der Waals surface area contributed by atoms with E-state index in [1.807, 2.05) is 32.0 Å². The van der Waals surface area contributed by atoms with Crippen LogP contribution in [-0.2, 0) is 9.59 Å². The molecule has 132 valence electrons. The minimum atomic E-state index is -0.161. The first-order valence-corrected chi connectivity index (χ1v) is 8.72. The molecular formula is C19H29N3O2. The van der Waals surface area contributed by atoms with Crippen LogP contribution in [0.1, 0.15) is 37.3 Å². The number of likely N-dealkylation sites (N-methyl/N-ethyl adjacent to an activating group) is 1. The fourth-order valence-electron chi connectivity index (χ4n) is 3.05. The fraction of sp³-hybridized carbons (Fsp3) is 0.579. The monoisotopic (exact) mass is 331 g/mol. The molecular weight excluding hydrogens is 302 g/mol. The van der Waals surface area contributed by atoms with Gasteiger partial charge in [0.15, 0.2) is 0 Å². The molecule has 5 heteroatoms. The maximum Gasteiger partial charge on any atom is 0.243 e. The number of amides is 2. The molecule has 1 aliphatic heterocycles. The Kier molecular flexibility index (Phi) is 6.37. The molecule has 0 aliphatic carbocycles. The first-order chi connectivity index (χ1) is 11.4. The van der Waals surface area contributed by atoms with Crippen molar-refractivity contribution >= 4 is 17.5 Å². The van der Waals surface area contributed by atoms with Gasteiger partial charge in [-0.05, 0) is 57.4 Å². The highest BCUT2D eigenvalue weighted by Crippen LogP contribution is 2.17. The summed E-state index contributed by atoms with van der Waals surface area (Å²) in [7, 11) is 1.69. The first kappa shape index (κ1) is 18.5. The van der Waals surface area contributed by atoms with Crippen LogP contribution in [0, 0.1) is 13.8 Å². The molecule has 0 saturated carbocycles. The van der Waals surface area contributed by atoms with Crippen molar-refractivity contribution in [3.8, 4) is 0 Å². The maximum atomic E-state index is 12.4. The highest BCUT2D eigenvalue weighted by atomic mass is 16.2. The standard InChI is InChI=1S/C19H29N3O2/c1-14-8-9-15(2)17(11-14)20-18(23)12-21(4)19(24)13-22-10-6-5-7-16(22)3/h8-9,11,16H,5-7,10,12-13H2,1-4H3,(H,20,23)/t16-/m0/s1. The molecule has 0 spiro atoms. The number of likely N-dealkylation sites (tertiary alicyclic amines) is 1. The number of rotatable bonds is 5. The highest BCUT2D eigenvalue weighted by Gasteiger charge is 2.22. The minimum Gasteiger partial charge on any atom is -0.335 e. The number of benzene rings is 1. The Morgan fingerprint density at radius 1 is 1.29 bits per heavy atom. The second-order valence-corrected chi connectivity index (χ2v) is 6.93. The second kappa shape index (κ2) is 8.29. The van der Waals surface area contributed by atoms with Crippen molar-refractivity contribution in [1.82, 2.24) is 9.80 Å². The lowest BCUT2D eigenvalue weighted by atomic mass is 10.0. The molecule has 1 N–H and O–H groups in total. The molecule has 1 fully saturated rings. The van der Waals surface area contributed by atoms with Gasteiger partial charge in [-0.25, -0.2) is 0 Å². The van der Waals surface area contributed by atoms with Crippen LogP contribution in [0.15, 0.2) is 18.2 Å². The van der Waals surface area contributed by atoms with Crippen LogP contribution in [0.2, 0.25) is 0 Å². The average Bonchev–Trinajstić information content (AvgIpc) is 2.53.